The molecule has 0 saturated heterocycles. The number of hydrogen-bond acceptors (Lipinski definition) is 4. The molecule has 4 N–H and O–H groups in total. The molecule has 6 heteroatoms. The minimum Gasteiger partial charge on any atom is -0.506 e. The molecule has 0 fully saturated rings. The number of carboxylic acid groups (broad SMARTS) is 1. The maximum Gasteiger partial charge on any atom is 0.345 e. The molecule has 2 heterocycles. The predicted molar refractivity (Wildman–Crippen MR) is 82.7 cm³/mol. The first kappa shape index (κ1) is 14.2. The number of aromatic amines is 1. The van der Waals surface area contributed by atoms with Gasteiger partial charge in [0.25, 0.3) is 5.56 Å². The van der Waals surface area contributed by atoms with Crippen molar-refractivity contribution in [3.8, 4) is 17.0 Å². The third-order valence-electron chi connectivity index (χ3n) is 3.97. The molecule has 1 aliphatic rings. The molecular formula is C16H16N2O4. The maximum absolute atomic E-state index is 12.0. The second-order valence-electron chi connectivity index (χ2n) is 5.24. The fourth-order valence-corrected chi connectivity index (χ4v) is 2.86. The largest absolute Gasteiger partial charge is 0.506 e. The normalized spacial score (nSPS) is 12.8. The molecule has 1 aromatic carbocycles. The summed E-state index contributed by atoms with van der Waals surface area (Å²) >= 11 is 0. The SMILES string of the molecule is CCc1c(-c2ccc3c(c2)NCC3)[nH]c(=O)c(C(=O)O)c1O. The van der Waals surface area contributed by atoms with Crippen LogP contribution >= 0.6 is 0 Å². The van der Waals surface area contributed by atoms with Crippen LogP contribution in [-0.2, 0) is 12.8 Å². The van der Waals surface area contributed by atoms with E-state index in [1.807, 2.05) is 18.2 Å². The minimum atomic E-state index is -1.43. The Hall–Kier alpha value is -2.76. The lowest BCUT2D eigenvalue weighted by Crippen LogP contribution is -2.20. The lowest BCUT2D eigenvalue weighted by Gasteiger charge is -2.13. The Morgan fingerprint density at radius 2 is 2.14 bits per heavy atom. The average Bonchev–Trinajstić information content (AvgIpc) is 2.93. The van der Waals surface area contributed by atoms with Crippen LogP contribution in [0.5, 0.6) is 5.75 Å². The zero-order valence-electron chi connectivity index (χ0n) is 12.1. The Morgan fingerprint density at radius 1 is 1.36 bits per heavy atom. The molecule has 0 saturated carbocycles. The highest BCUT2D eigenvalue weighted by Crippen LogP contribution is 2.33. The first-order chi connectivity index (χ1) is 10.5. The highest BCUT2D eigenvalue weighted by molar-refractivity contribution is 5.92. The van der Waals surface area contributed by atoms with Gasteiger partial charge in [0, 0.05) is 23.4 Å². The van der Waals surface area contributed by atoms with Gasteiger partial charge in [0.05, 0.1) is 5.69 Å². The summed E-state index contributed by atoms with van der Waals surface area (Å²) in [6.45, 7) is 2.67. The highest BCUT2D eigenvalue weighted by atomic mass is 16.4. The molecule has 0 amide bonds. The summed E-state index contributed by atoms with van der Waals surface area (Å²) in [6, 6.07) is 5.76. The van der Waals surface area contributed by atoms with E-state index in [1.165, 1.54) is 5.56 Å². The number of hydrogen-bond donors (Lipinski definition) is 4. The van der Waals surface area contributed by atoms with E-state index in [0.717, 1.165) is 24.2 Å². The number of rotatable bonds is 3. The molecule has 6 nitrogen and oxygen atoms in total. The van der Waals surface area contributed by atoms with Crippen LogP contribution in [0.2, 0.25) is 0 Å². The standard InChI is InChI=1S/C16H16N2O4/c1-2-10-13(18-15(20)12(14(10)19)16(21)22)9-4-3-8-5-6-17-11(8)7-9/h3-4,7,17H,2,5-6H2,1H3,(H,21,22)(H2,18,19,20). The van der Waals surface area contributed by atoms with Crippen LogP contribution in [-0.4, -0.2) is 27.7 Å². The van der Waals surface area contributed by atoms with E-state index in [9.17, 15) is 14.7 Å². The van der Waals surface area contributed by atoms with E-state index in [0.29, 0.717) is 17.7 Å². The zero-order chi connectivity index (χ0) is 15.9. The summed E-state index contributed by atoms with van der Waals surface area (Å²) in [5.41, 5.74) is 2.43. The van der Waals surface area contributed by atoms with Gasteiger partial charge in [-0.15, -0.1) is 0 Å². The number of fused-ring (bicyclic) bond motifs is 1. The number of nitrogens with one attached hydrogen (secondary N) is 2. The van der Waals surface area contributed by atoms with Crippen LogP contribution in [0.1, 0.15) is 28.4 Å². The lowest BCUT2D eigenvalue weighted by atomic mass is 9.99. The van der Waals surface area contributed by atoms with Crippen LogP contribution in [0.3, 0.4) is 0 Å². The third kappa shape index (κ3) is 2.13. The first-order valence-electron chi connectivity index (χ1n) is 7.11. The summed E-state index contributed by atoms with van der Waals surface area (Å²) < 4.78 is 0. The van der Waals surface area contributed by atoms with Gasteiger partial charge < -0.3 is 20.5 Å². The number of aromatic nitrogens is 1. The van der Waals surface area contributed by atoms with Crippen LogP contribution < -0.4 is 10.9 Å². The van der Waals surface area contributed by atoms with Crippen molar-refractivity contribution < 1.29 is 15.0 Å². The molecular weight excluding hydrogens is 284 g/mol. The molecule has 114 valence electrons. The number of aromatic hydroxyl groups is 1. The first-order valence-corrected chi connectivity index (χ1v) is 7.11. The van der Waals surface area contributed by atoms with Crippen molar-refractivity contribution in [2.45, 2.75) is 19.8 Å². The molecule has 0 unspecified atom stereocenters. The van der Waals surface area contributed by atoms with Gasteiger partial charge in [0.15, 0.2) is 5.56 Å². The van der Waals surface area contributed by atoms with Crippen LogP contribution in [0.4, 0.5) is 5.69 Å². The Morgan fingerprint density at radius 3 is 2.82 bits per heavy atom. The second-order valence-corrected chi connectivity index (χ2v) is 5.24. The van der Waals surface area contributed by atoms with Crippen molar-refractivity contribution in [1.82, 2.24) is 4.98 Å². The molecule has 0 spiro atoms. The Bertz CT molecular complexity index is 824. The van der Waals surface area contributed by atoms with Gasteiger partial charge in [0.2, 0.25) is 0 Å². The number of anilines is 1. The second kappa shape index (κ2) is 5.22. The Labute approximate surface area is 126 Å². The minimum absolute atomic E-state index is 0.405. The van der Waals surface area contributed by atoms with Crippen molar-refractivity contribution in [3.63, 3.8) is 0 Å². The number of aromatic carboxylic acids is 1. The van der Waals surface area contributed by atoms with Crippen molar-refractivity contribution in [2.24, 2.45) is 0 Å². The monoisotopic (exact) mass is 300 g/mol. The van der Waals surface area contributed by atoms with Crippen molar-refractivity contribution in [2.75, 3.05) is 11.9 Å². The van der Waals surface area contributed by atoms with Crippen LogP contribution in [0, 0.1) is 0 Å². The summed E-state index contributed by atoms with van der Waals surface area (Å²) in [5.74, 6) is -1.89. The van der Waals surface area contributed by atoms with Gasteiger partial charge >= 0.3 is 5.97 Å². The van der Waals surface area contributed by atoms with Crippen LogP contribution in [0.25, 0.3) is 11.3 Å². The summed E-state index contributed by atoms with van der Waals surface area (Å²) in [4.78, 5) is 25.7. The van der Waals surface area contributed by atoms with Gasteiger partial charge in [-0.3, -0.25) is 4.79 Å². The average molecular weight is 300 g/mol. The van der Waals surface area contributed by atoms with Gasteiger partial charge in [-0.05, 0) is 24.5 Å². The van der Waals surface area contributed by atoms with Crippen molar-refractivity contribution in [3.05, 3.63) is 45.2 Å². The van der Waals surface area contributed by atoms with Crippen LogP contribution in [0.15, 0.2) is 23.0 Å². The number of carboxylic acids is 1. The number of pyridine rings is 1. The van der Waals surface area contributed by atoms with E-state index in [-0.39, 0.29) is 0 Å². The third-order valence-corrected chi connectivity index (χ3v) is 3.97. The van der Waals surface area contributed by atoms with Gasteiger partial charge in [-0.25, -0.2) is 4.79 Å². The number of H-pyrrole nitrogens is 1. The fourth-order valence-electron chi connectivity index (χ4n) is 2.86. The number of carbonyl (C=O) groups is 1. The quantitative estimate of drug-likeness (QED) is 0.694. The molecule has 0 bridgehead atoms. The zero-order valence-corrected chi connectivity index (χ0v) is 12.1. The Kier molecular flexibility index (Phi) is 3.36. The predicted octanol–water partition coefficient (Wildman–Crippen LogP) is 1.98. The molecule has 2 aromatic rings. The maximum atomic E-state index is 12.0. The summed E-state index contributed by atoms with van der Waals surface area (Å²) in [7, 11) is 0. The Balaban J connectivity index is 2.23. The van der Waals surface area contributed by atoms with Gasteiger partial charge in [0.1, 0.15) is 5.75 Å². The van der Waals surface area contributed by atoms with E-state index in [2.05, 4.69) is 10.3 Å². The van der Waals surface area contributed by atoms with E-state index >= 15 is 0 Å². The molecule has 3 rings (SSSR count). The van der Waals surface area contributed by atoms with Gasteiger partial charge in [-0.2, -0.15) is 0 Å². The molecule has 0 radical (unpaired) electrons. The van der Waals surface area contributed by atoms with Gasteiger partial charge in [-0.1, -0.05) is 19.1 Å². The van der Waals surface area contributed by atoms with Crippen molar-refractivity contribution >= 4 is 11.7 Å². The highest BCUT2D eigenvalue weighted by Gasteiger charge is 2.22. The summed E-state index contributed by atoms with van der Waals surface area (Å²) in [6.07, 6.45) is 1.36. The van der Waals surface area contributed by atoms with Crippen molar-refractivity contribution in [1.29, 1.82) is 0 Å². The molecule has 1 aliphatic heterocycles. The van der Waals surface area contributed by atoms with E-state index < -0.39 is 22.8 Å². The molecule has 1 aromatic heterocycles. The molecule has 0 aliphatic carbocycles. The lowest BCUT2D eigenvalue weighted by molar-refractivity contribution is 0.0691. The summed E-state index contributed by atoms with van der Waals surface area (Å²) in [5, 5.41) is 22.5. The smallest absolute Gasteiger partial charge is 0.345 e. The van der Waals surface area contributed by atoms with E-state index in [1.54, 1.807) is 6.92 Å². The fraction of sp³-hybridized carbons (Fsp3) is 0.250. The molecule has 0 atom stereocenters. The topological polar surface area (TPSA) is 102 Å². The van der Waals surface area contributed by atoms with E-state index in [4.69, 9.17) is 5.11 Å². The number of benzene rings is 1. The molecule has 22 heavy (non-hydrogen) atoms.